The highest BCUT2D eigenvalue weighted by Gasteiger charge is 2.25. The van der Waals surface area contributed by atoms with Gasteiger partial charge in [0.05, 0.1) is 5.52 Å². The summed E-state index contributed by atoms with van der Waals surface area (Å²) in [6.07, 6.45) is 8.26. The second kappa shape index (κ2) is 5.41. The number of hydrogen-bond acceptors (Lipinski definition) is 2. The number of carbonyl (C=O) groups excluding carboxylic acids is 1. The van der Waals surface area contributed by atoms with E-state index in [0.29, 0.717) is 5.92 Å². The normalized spacial score (nSPS) is 18.3. The second-order valence-electron chi connectivity index (χ2n) is 5.91. The van der Waals surface area contributed by atoms with Crippen molar-refractivity contribution in [2.45, 2.75) is 45.1 Å². The van der Waals surface area contributed by atoms with Crippen LogP contribution >= 0.6 is 0 Å². The van der Waals surface area contributed by atoms with E-state index in [-0.39, 0.29) is 11.9 Å². The summed E-state index contributed by atoms with van der Waals surface area (Å²) in [6.45, 7) is 1.60. The van der Waals surface area contributed by atoms with Crippen molar-refractivity contribution in [1.82, 2.24) is 4.57 Å². The van der Waals surface area contributed by atoms with Crippen molar-refractivity contribution in [1.29, 1.82) is 0 Å². The lowest BCUT2D eigenvalue weighted by atomic mass is 9.81. The van der Waals surface area contributed by atoms with E-state index in [1.54, 1.807) is 11.5 Å². The van der Waals surface area contributed by atoms with Gasteiger partial charge in [-0.1, -0.05) is 37.5 Å². The monoisotopic (exact) mass is 270 g/mol. The van der Waals surface area contributed by atoms with Crippen LogP contribution in [0.3, 0.4) is 0 Å². The van der Waals surface area contributed by atoms with Crippen molar-refractivity contribution in [3.05, 3.63) is 36.0 Å². The fraction of sp³-hybridized carbons (Fsp3) is 0.471. The number of rotatable bonds is 2. The molecule has 0 aliphatic heterocycles. The van der Waals surface area contributed by atoms with Gasteiger partial charge < -0.3 is 5.73 Å². The molecule has 0 saturated heterocycles. The maximum atomic E-state index is 11.8. The maximum absolute atomic E-state index is 11.8. The summed E-state index contributed by atoms with van der Waals surface area (Å²) in [4.78, 5) is 11.8. The fourth-order valence-electron chi connectivity index (χ4n) is 3.48. The van der Waals surface area contributed by atoms with E-state index in [0.717, 1.165) is 16.5 Å². The zero-order chi connectivity index (χ0) is 14.1. The van der Waals surface area contributed by atoms with Gasteiger partial charge in [-0.05, 0) is 30.4 Å². The molecule has 20 heavy (non-hydrogen) atoms. The van der Waals surface area contributed by atoms with Crippen LogP contribution < -0.4 is 5.73 Å². The molecule has 1 heterocycles. The van der Waals surface area contributed by atoms with Gasteiger partial charge in [0.2, 0.25) is 5.91 Å². The van der Waals surface area contributed by atoms with E-state index < -0.39 is 0 Å². The Morgan fingerprint density at radius 3 is 2.65 bits per heavy atom. The number of aromatic nitrogens is 1. The number of nitrogens with zero attached hydrogens (tertiary/aromatic N) is 1. The molecule has 1 aliphatic carbocycles. The van der Waals surface area contributed by atoms with Crippen LogP contribution in [0.25, 0.3) is 10.9 Å². The summed E-state index contributed by atoms with van der Waals surface area (Å²) >= 11 is 0. The van der Waals surface area contributed by atoms with Gasteiger partial charge in [-0.15, -0.1) is 0 Å². The summed E-state index contributed by atoms with van der Waals surface area (Å²) in [7, 11) is 0. The first kappa shape index (κ1) is 13.4. The number of carbonyl (C=O) groups is 1. The molecular weight excluding hydrogens is 248 g/mol. The standard InChI is InChI=1S/C17H22N2O/c1-12(20)19-11-15(14-9-5-6-10-16(14)19)17(18)13-7-3-2-4-8-13/h5-6,9-11,13,17H,2-4,7-8,18H2,1H3/t17-/m0/s1. The van der Waals surface area contributed by atoms with Crippen LogP contribution in [0.2, 0.25) is 0 Å². The highest BCUT2D eigenvalue weighted by molar-refractivity contribution is 5.93. The second-order valence-corrected chi connectivity index (χ2v) is 5.91. The van der Waals surface area contributed by atoms with Crippen molar-refractivity contribution in [3.63, 3.8) is 0 Å². The zero-order valence-electron chi connectivity index (χ0n) is 12.0. The SMILES string of the molecule is CC(=O)n1cc([C@@H](N)C2CCCCC2)c2ccccc21. The Balaban J connectivity index is 2.04. The Hall–Kier alpha value is -1.61. The predicted octanol–water partition coefficient (Wildman–Crippen LogP) is 3.88. The first-order valence-corrected chi connectivity index (χ1v) is 7.55. The molecule has 1 aromatic carbocycles. The minimum absolute atomic E-state index is 0.0424. The molecule has 0 radical (unpaired) electrons. The quantitative estimate of drug-likeness (QED) is 0.900. The van der Waals surface area contributed by atoms with E-state index in [1.807, 2.05) is 24.4 Å². The molecule has 1 atom stereocenters. The molecule has 3 heteroatoms. The molecule has 3 nitrogen and oxygen atoms in total. The molecule has 2 N–H and O–H groups in total. The van der Waals surface area contributed by atoms with E-state index in [1.165, 1.54) is 32.1 Å². The van der Waals surface area contributed by atoms with Crippen LogP contribution in [-0.4, -0.2) is 10.5 Å². The Bertz CT molecular complexity index is 623. The Labute approximate surface area is 119 Å². The first-order valence-electron chi connectivity index (χ1n) is 7.55. The highest BCUT2D eigenvalue weighted by Crippen LogP contribution is 2.36. The van der Waals surface area contributed by atoms with E-state index in [2.05, 4.69) is 6.07 Å². The third-order valence-corrected chi connectivity index (χ3v) is 4.60. The number of benzene rings is 1. The van der Waals surface area contributed by atoms with Crippen molar-refractivity contribution in [3.8, 4) is 0 Å². The van der Waals surface area contributed by atoms with Crippen LogP contribution in [0.5, 0.6) is 0 Å². The highest BCUT2D eigenvalue weighted by atomic mass is 16.1. The third kappa shape index (κ3) is 2.27. The molecule has 0 spiro atoms. The molecule has 0 amide bonds. The smallest absolute Gasteiger partial charge is 0.227 e. The summed E-state index contributed by atoms with van der Waals surface area (Å²) in [6, 6.07) is 8.10. The van der Waals surface area contributed by atoms with Gasteiger partial charge in [0.25, 0.3) is 0 Å². The summed E-state index contributed by atoms with van der Waals surface area (Å²) in [5, 5.41) is 1.13. The molecule has 0 unspecified atom stereocenters. The molecule has 2 aromatic rings. The number of fused-ring (bicyclic) bond motifs is 1. The van der Waals surface area contributed by atoms with Gasteiger partial charge in [0, 0.05) is 24.5 Å². The van der Waals surface area contributed by atoms with Crippen LogP contribution in [0.1, 0.15) is 55.4 Å². The summed E-state index contributed by atoms with van der Waals surface area (Å²) in [5.41, 5.74) is 8.63. The molecule has 1 aromatic heterocycles. The van der Waals surface area contributed by atoms with Gasteiger partial charge in [0.15, 0.2) is 0 Å². The van der Waals surface area contributed by atoms with Gasteiger partial charge >= 0.3 is 0 Å². The fourth-order valence-corrected chi connectivity index (χ4v) is 3.48. The minimum Gasteiger partial charge on any atom is -0.324 e. The van der Waals surface area contributed by atoms with Crippen LogP contribution in [-0.2, 0) is 0 Å². The Morgan fingerprint density at radius 2 is 1.95 bits per heavy atom. The summed E-state index contributed by atoms with van der Waals surface area (Å²) < 4.78 is 1.73. The zero-order valence-corrected chi connectivity index (χ0v) is 12.0. The molecule has 1 saturated carbocycles. The lowest BCUT2D eigenvalue weighted by Gasteiger charge is -2.27. The topological polar surface area (TPSA) is 48.0 Å². The molecule has 1 fully saturated rings. The number of hydrogen-bond donors (Lipinski definition) is 1. The average Bonchev–Trinajstić information content (AvgIpc) is 2.87. The van der Waals surface area contributed by atoms with Crippen LogP contribution in [0, 0.1) is 5.92 Å². The molecule has 0 bridgehead atoms. The van der Waals surface area contributed by atoms with Gasteiger partial charge in [-0.3, -0.25) is 9.36 Å². The van der Waals surface area contributed by atoms with E-state index in [4.69, 9.17) is 5.73 Å². The lowest BCUT2D eigenvalue weighted by Crippen LogP contribution is -2.23. The average molecular weight is 270 g/mol. The third-order valence-electron chi connectivity index (χ3n) is 4.60. The van der Waals surface area contributed by atoms with E-state index >= 15 is 0 Å². The van der Waals surface area contributed by atoms with Crippen LogP contribution in [0.15, 0.2) is 30.5 Å². The van der Waals surface area contributed by atoms with E-state index in [9.17, 15) is 4.79 Å². The Kier molecular flexibility index (Phi) is 3.62. The molecule has 106 valence electrons. The number of nitrogens with two attached hydrogens (primary N) is 1. The van der Waals surface area contributed by atoms with Crippen LogP contribution in [0.4, 0.5) is 0 Å². The first-order chi connectivity index (χ1) is 9.68. The maximum Gasteiger partial charge on any atom is 0.227 e. The molecular formula is C17H22N2O. The van der Waals surface area contributed by atoms with Gasteiger partial charge in [-0.2, -0.15) is 0 Å². The largest absolute Gasteiger partial charge is 0.324 e. The van der Waals surface area contributed by atoms with Gasteiger partial charge in [-0.25, -0.2) is 0 Å². The number of para-hydroxylation sites is 1. The van der Waals surface area contributed by atoms with Crippen molar-refractivity contribution in [2.24, 2.45) is 11.7 Å². The predicted molar refractivity (Wildman–Crippen MR) is 81.7 cm³/mol. The van der Waals surface area contributed by atoms with Crippen molar-refractivity contribution in [2.75, 3.05) is 0 Å². The lowest BCUT2D eigenvalue weighted by molar-refractivity contribution is 0.0941. The molecule has 1 aliphatic rings. The minimum atomic E-state index is 0.0424. The molecule has 3 rings (SSSR count). The van der Waals surface area contributed by atoms with Crippen molar-refractivity contribution < 1.29 is 4.79 Å². The summed E-state index contributed by atoms with van der Waals surface area (Å²) in [5.74, 6) is 0.596. The van der Waals surface area contributed by atoms with Gasteiger partial charge in [0.1, 0.15) is 0 Å². The Morgan fingerprint density at radius 1 is 1.25 bits per heavy atom. The van der Waals surface area contributed by atoms with Crippen molar-refractivity contribution >= 4 is 16.8 Å².